The number of nitrogens with zero attached hydrogens (tertiary/aromatic N) is 1. The van der Waals surface area contributed by atoms with Crippen LogP contribution >= 0.6 is 15.9 Å². The van der Waals surface area contributed by atoms with E-state index < -0.39 is 0 Å². The second-order valence-electron chi connectivity index (χ2n) is 5.87. The molecular weight excluding hydrogens is 292 g/mol. The van der Waals surface area contributed by atoms with Gasteiger partial charge in [0.1, 0.15) is 4.60 Å². The number of aromatic nitrogens is 1. The molecular formula is C14H15BrN2O. The summed E-state index contributed by atoms with van der Waals surface area (Å²) in [4.78, 5) is 16.4. The fraction of sp³-hybridized carbons (Fsp3) is 0.571. The SMILES string of the molecule is O=C(Nc1ccc(Br)nc1)C1C2C3CCC(C3)C12. The van der Waals surface area contributed by atoms with Crippen molar-refractivity contribution in [2.75, 3.05) is 5.32 Å². The number of hydrogen-bond donors (Lipinski definition) is 1. The second kappa shape index (κ2) is 3.80. The average molecular weight is 307 g/mol. The molecule has 3 aliphatic carbocycles. The lowest BCUT2D eigenvalue weighted by molar-refractivity contribution is -0.118. The van der Waals surface area contributed by atoms with Crippen molar-refractivity contribution in [3.8, 4) is 0 Å². The Morgan fingerprint density at radius 3 is 2.61 bits per heavy atom. The summed E-state index contributed by atoms with van der Waals surface area (Å²) in [5, 5.41) is 3.01. The molecule has 0 aromatic carbocycles. The minimum Gasteiger partial charge on any atom is -0.324 e. The first-order chi connectivity index (χ1) is 8.74. The van der Waals surface area contributed by atoms with Gasteiger partial charge in [-0.3, -0.25) is 4.79 Å². The topological polar surface area (TPSA) is 42.0 Å². The van der Waals surface area contributed by atoms with Crippen LogP contribution in [0.1, 0.15) is 19.3 Å². The summed E-state index contributed by atoms with van der Waals surface area (Å²) in [6.07, 6.45) is 5.80. The Bertz CT molecular complexity index is 485. The average Bonchev–Trinajstić information content (AvgIpc) is 2.82. The van der Waals surface area contributed by atoms with E-state index >= 15 is 0 Å². The van der Waals surface area contributed by atoms with E-state index in [-0.39, 0.29) is 5.91 Å². The van der Waals surface area contributed by atoms with E-state index in [0.29, 0.717) is 17.8 Å². The van der Waals surface area contributed by atoms with Crippen molar-refractivity contribution in [1.29, 1.82) is 0 Å². The molecule has 4 rings (SSSR count). The van der Waals surface area contributed by atoms with Crippen LogP contribution in [0.25, 0.3) is 0 Å². The number of rotatable bonds is 2. The largest absolute Gasteiger partial charge is 0.324 e. The molecule has 0 saturated heterocycles. The van der Waals surface area contributed by atoms with Crippen LogP contribution < -0.4 is 5.32 Å². The smallest absolute Gasteiger partial charge is 0.228 e. The zero-order valence-electron chi connectivity index (χ0n) is 9.97. The van der Waals surface area contributed by atoms with E-state index in [9.17, 15) is 4.79 Å². The first-order valence-corrected chi connectivity index (χ1v) is 7.46. The van der Waals surface area contributed by atoms with E-state index in [0.717, 1.165) is 22.1 Å². The third kappa shape index (κ3) is 1.54. The zero-order chi connectivity index (χ0) is 12.3. The molecule has 1 N–H and O–H groups in total. The molecule has 1 aromatic rings. The van der Waals surface area contributed by atoms with Gasteiger partial charge in [-0.2, -0.15) is 0 Å². The molecule has 2 bridgehead atoms. The number of anilines is 1. The Morgan fingerprint density at radius 2 is 2.00 bits per heavy atom. The predicted octanol–water partition coefficient (Wildman–Crippen LogP) is 3.07. The highest BCUT2D eigenvalue weighted by Gasteiger charge is 2.67. The van der Waals surface area contributed by atoms with Crippen molar-refractivity contribution in [3.63, 3.8) is 0 Å². The number of carbonyl (C=O) groups excluding carboxylic acids is 1. The van der Waals surface area contributed by atoms with Crippen molar-refractivity contribution in [1.82, 2.24) is 4.98 Å². The minimum absolute atomic E-state index is 0.214. The van der Waals surface area contributed by atoms with E-state index in [1.807, 2.05) is 12.1 Å². The summed E-state index contributed by atoms with van der Waals surface area (Å²) >= 11 is 3.29. The Labute approximate surface area is 114 Å². The monoisotopic (exact) mass is 306 g/mol. The lowest BCUT2D eigenvalue weighted by Crippen LogP contribution is -2.18. The third-order valence-electron chi connectivity index (χ3n) is 5.03. The van der Waals surface area contributed by atoms with Gasteiger partial charge >= 0.3 is 0 Å². The van der Waals surface area contributed by atoms with Gasteiger partial charge in [-0.1, -0.05) is 0 Å². The maximum atomic E-state index is 12.2. The number of carbonyl (C=O) groups is 1. The molecule has 94 valence electrons. The Balaban J connectivity index is 1.45. The molecule has 4 atom stereocenters. The van der Waals surface area contributed by atoms with Crippen LogP contribution in [-0.4, -0.2) is 10.9 Å². The molecule has 0 aliphatic heterocycles. The normalized spacial score (nSPS) is 39.5. The summed E-state index contributed by atoms with van der Waals surface area (Å²) in [7, 11) is 0. The van der Waals surface area contributed by atoms with Gasteiger partial charge in [0.05, 0.1) is 11.9 Å². The Morgan fingerprint density at radius 1 is 1.28 bits per heavy atom. The fourth-order valence-corrected chi connectivity index (χ4v) is 4.59. The highest BCUT2D eigenvalue weighted by molar-refractivity contribution is 9.10. The van der Waals surface area contributed by atoms with Crippen molar-refractivity contribution in [3.05, 3.63) is 22.9 Å². The van der Waals surface area contributed by atoms with Gasteiger partial charge in [-0.15, -0.1) is 0 Å². The van der Waals surface area contributed by atoms with E-state index in [1.165, 1.54) is 19.3 Å². The van der Waals surface area contributed by atoms with E-state index in [4.69, 9.17) is 0 Å². The third-order valence-corrected chi connectivity index (χ3v) is 5.50. The van der Waals surface area contributed by atoms with Crippen LogP contribution in [0.3, 0.4) is 0 Å². The predicted molar refractivity (Wildman–Crippen MR) is 71.9 cm³/mol. The number of halogens is 1. The van der Waals surface area contributed by atoms with Crippen LogP contribution in [-0.2, 0) is 4.79 Å². The van der Waals surface area contributed by atoms with E-state index in [2.05, 4.69) is 26.2 Å². The lowest BCUT2D eigenvalue weighted by Gasteiger charge is -2.09. The molecule has 3 saturated carbocycles. The van der Waals surface area contributed by atoms with Crippen molar-refractivity contribution in [2.45, 2.75) is 19.3 Å². The lowest BCUT2D eigenvalue weighted by atomic mass is 10.0. The summed E-state index contributed by atoms with van der Waals surface area (Å²) in [6, 6.07) is 3.74. The summed E-state index contributed by atoms with van der Waals surface area (Å²) < 4.78 is 0.793. The van der Waals surface area contributed by atoms with Crippen LogP contribution in [0, 0.1) is 29.6 Å². The van der Waals surface area contributed by atoms with Gasteiger partial charge in [-0.25, -0.2) is 4.98 Å². The number of pyridine rings is 1. The molecule has 1 heterocycles. The molecule has 3 nitrogen and oxygen atoms in total. The zero-order valence-corrected chi connectivity index (χ0v) is 11.6. The van der Waals surface area contributed by atoms with Crippen LogP contribution in [0.15, 0.2) is 22.9 Å². The molecule has 3 fully saturated rings. The summed E-state index contributed by atoms with van der Waals surface area (Å²) in [5.41, 5.74) is 0.806. The highest BCUT2D eigenvalue weighted by Crippen LogP contribution is 2.69. The maximum Gasteiger partial charge on any atom is 0.228 e. The molecule has 3 aliphatic rings. The van der Waals surface area contributed by atoms with Gasteiger partial charge in [0.25, 0.3) is 0 Å². The highest BCUT2D eigenvalue weighted by atomic mass is 79.9. The van der Waals surface area contributed by atoms with Gasteiger partial charge in [0, 0.05) is 5.92 Å². The van der Waals surface area contributed by atoms with Crippen molar-refractivity contribution >= 4 is 27.5 Å². The molecule has 1 amide bonds. The van der Waals surface area contributed by atoms with Gasteiger partial charge < -0.3 is 5.32 Å². The van der Waals surface area contributed by atoms with Crippen LogP contribution in [0.2, 0.25) is 0 Å². The van der Waals surface area contributed by atoms with Gasteiger partial charge in [0.2, 0.25) is 5.91 Å². The first kappa shape index (κ1) is 11.0. The molecule has 1 aromatic heterocycles. The standard InChI is InChI=1S/C14H15BrN2O/c15-10-4-3-9(6-16-10)17-14(18)13-11-7-1-2-8(5-7)12(11)13/h3-4,6-8,11-13H,1-2,5H2,(H,17,18). The quantitative estimate of drug-likeness (QED) is 0.853. The molecule has 0 spiro atoms. The number of nitrogens with one attached hydrogen (secondary N) is 1. The van der Waals surface area contributed by atoms with Crippen LogP contribution in [0.4, 0.5) is 5.69 Å². The van der Waals surface area contributed by atoms with Gasteiger partial charge in [-0.05, 0) is 71.0 Å². The van der Waals surface area contributed by atoms with Crippen LogP contribution in [0.5, 0.6) is 0 Å². The number of hydrogen-bond acceptors (Lipinski definition) is 2. The number of amides is 1. The molecule has 4 heteroatoms. The molecule has 18 heavy (non-hydrogen) atoms. The fourth-order valence-electron chi connectivity index (χ4n) is 4.35. The Kier molecular flexibility index (Phi) is 2.31. The van der Waals surface area contributed by atoms with Crippen molar-refractivity contribution in [2.24, 2.45) is 29.6 Å². The first-order valence-electron chi connectivity index (χ1n) is 6.66. The summed E-state index contributed by atoms with van der Waals surface area (Å²) in [6.45, 7) is 0. The number of fused-ring (bicyclic) bond motifs is 5. The van der Waals surface area contributed by atoms with E-state index in [1.54, 1.807) is 6.20 Å². The molecule has 0 radical (unpaired) electrons. The second-order valence-corrected chi connectivity index (χ2v) is 6.69. The van der Waals surface area contributed by atoms with Gasteiger partial charge in [0.15, 0.2) is 0 Å². The maximum absolute atomic E-state index is 12.2. The van der Waals surface area contributed by atoms with Crippen molar-refractivity contribution < 1.29 is 4.79 Å². The molecule has 4 unspecified atom stereocenters. The minimum atomic E-state index is 0.214. The summed E-state index contributed by atoms with van der Waals surface area (Å²) in [5.74, 6) is 3.60. The Hall–Kier alpha value is -0.900.